The third-order valence-corrected chi connectivity index (χ3v) is 6.37. The highest BCUT2D eigenvalue weighted by Crippen LogP contribution is 2.40. The highest BCUT2D eigenvalue weighted by atomic mass is 32.1. The fraction of sp³-hybridized carbons (Fsp3) is 0.320. The molecule has 0 bridgehead atoms. The Morgan fingerprint density at radius 2 is 1.94 bits per heavy atom. The van der Waals surface area contributed by atoms with Gasteiger partial charge in [0.1, 0.15) is 6.54 Å². The lowest BCUT2D eigenvalue weighted by Gasteiger charge is -2.27. The van der Waals surface area contributed by atoms with Gasteiger partial charge in [-0.05, 0) is 62.0 Å². The average molecular weight is 464 g/mol. The van der Waals surface area contributed by atoms with Crippen LogP contribution < -0.4 is 10.6 Å². The second kappa shape index (κ2) is 10.1. The van der Waals surface area contributed by atoms with E-state index in [9.17, 15) is 4.79 Å². The number of nitrogens with one attached hydrogen (secondary N) is 2. The largest absolute Gasteiger partial charge is 0.383 e. The Morgan fingerprint density at radius 1 is 1.18 bits per heavy atom. The van der Waals surface area contributed by atoms with Gasteiger partial charge in [-0.15, -0.1) is 0 Å². The summed E-state index contributed by atoms with van der Waals surface area (Å²) in [6.45, 7) is 5.73. The van der Waals surface area contributed by atoms with Gasteiger partial charge in [-0.2, -0.15) is 0 Å². The molecule has 1 aromatic carbocycles. The Labute approximate surface area is 199 Å². The van der Waals surface area contributed by atoms with Gasteiger partial charge < -0.3 is 24.8 Å². The topological polar surface area (TPSA) is 71.4 Å². The van der Waals surface area contributed by atoms with E-state index in [1.807, 2.05) is 53.4 Å². The van der Waals surface area contributed by atoms with Crippen LogP contribution in [0.5, 0.6) is 0 Å². The molecule has 2 atom stereocenters. The third-order valence-electron chi connectivity index (χ3n) is 6.02. The maximum Gasteiger partial charge on any atom is 0.244 e. The van der Waals surface area contributed by atoms with Gasteiger partial charge in [-0.1, -0.05) is 24.3 Å². The molecule has 1 aliphatic heterocycles. The molecule has 1 aliphatic rings. The van der Waals surface area contributed by atoms with Crippen molar-refractivity contribution < 1.29 is 9.53 Å². The van der Waals surface area contributed by atoms with E-state index in [4.69, 9.17) is 17.0 Å². The molecule has 0 radical (unpaired) electrons. The van der Waals surface area contributed by atoms with Crippen LogP contribution in [0.1, 0.15) is 34.7 Å². The average Bonchev–Trinajstić information content (AvgIpc) is 3.28. The number of rotatable bonds is 8. The number of carbonyl (C=O) groups excluding carboxylic acids is 1. The fourth-order valence-electron chi connectivity index (χ4n) is 4.44. The van der Waals surface area contributed by atoms with Crippen LogP contribution in [0.2, 0.25) is 0 Å². The molecule has 7 nitrogen and oxygen atoms in total. The van der Waals surface area contributed by atoms with E-state index in [2.05, 4.69) is 40.1 Å². The Balaban J connectivity index is 1.68. The fourth-order valence-corrected chi connectivity index (χ4v) is 4.75. The van der Waals surface area contributed by atoms with E-state index in [-0.39, 0.29) is 24.5 Å². The van der Waals surface area contributed by atoms with Gasteiger partial charge in [0, 0.05) is 36.9 Å². The number of nitrogens with zero attached hydrogens (tertiary/aromatic N) is 3. The maximum absolute atomic E-state index is 13.0. The first-order valence-corrected chi connectivity index (χ1v) is 11.4. The lowest BCUT2D eigenvalue weighted by molar-refractivity contribution is -0.116. The van der Waals surface area contributed by atoms with E-state index in [1.54, 1.807) is 13.3 Å². The van der Waals surface area contributed by atoms with Crippen LogP contribution in [0.15, 0.2) is 60.8 Å². The number of hydrogen-bond donors (Lipinski definition) is 2. The molecular formula is C25H29N5O2S. The lowest BCUT2D eigenvalue weighted by Crippen LogP contribution is -2.37. The maximum atomic E-state index is 13.0. The van der Waals surface area contributed by atoms with Crippen molar-refractivity contribution in [2.45, 2.75) is 32.5 Å². The van der Waals surface area contributed by atoms with Gasteiger partial charge in [0.25, 0.3) is 0 Å². The molecule has 3 aromatic rings. The monoisotopic (exact) mass is 463 g/mol. The number of benzene rings is 1. The number of ether oxygens (including phenoxy) is 1. The Kier molecular flexibility index (Phi) is 7.05. The first kappa shape index (κ1) is 22.9. The molecule has 4 rings (SSSR count). The smallest absolute Gasteiger partial charge is 0.244 e. The van der Waals surface area contributed by atoms with Crippen molar-refractivity contribution >= 4 is 28.9 Å². The summed E-state index contributed by atoms with van der Waals surface area (Å²) in [6.07, 6.45) is 1.78. The van der Waals surface area contributed by atoms with E-state index in [0.29, 0.717) is 11.7 Å². The summed E-state index contributed by atoms with van der Waals surface area (Å²) in [5.74, 6) is -0.120. The van der Waals surface area contributed by atoms with E-state index >= 15 is 0 Å². The summed E-state index contributed by atoms with van der Waals surface area (Å²) in [4.78, 5) is 19.5. The minimum Gasteiger partial charge on any atom is -0.383 e. The van der Waals surface area contributed by atoms with Gasteiger partial charge >= 0.3 is 0 Å². The molecule has 0 spiro atoms. The zero-order chi connectivity index (χ0) is 23.4. The highest BCUT2D eigenvalue weighted by molar-refractivity contribution is 7.80. The SMILES string of the molecule is COCCn1c(C)cc([C@@H]2[C@H](c3ccccn3)NC(=S)N2CC(=O)Nc2ccccc2)c1C. The normalized spacial score (nSPS) is 17.8. The van der Waals surface area contributed by atoms with Crippen LogP contribution in [0.4, 0.5) is 5.69 Å². The highest BCUT2D eigenvalue weighted by Gasteiger charge is 2.42. The van der Waals surface area contributed by atoms with Crippen molar-refractivity contribution in [3.05, 3.63) is 83.4 Å². The zero-order valence-corrected chi connectivity index (χ0v) is 19.9. The number of methoxy groups -OCH3 is 1. The summed E-state index contributed by atoms with van der Waals surface area (Å²) in [7, 11) is 1.71. The molecule has 172 valence electrons. The summed E-state index contributed by atoms with van der Waals surface area (Å²) in [5, 5.41) is 6.93. The standard InChI is InChI=1S/C25H29N5O2S/c1-17-15-20(18(2)29(17)13-14-32-3)24-23(21-11-7-8-12-26-21)28-25(33)30(24)16-22(31)27-19-9-5-4-6-10-19/h4-12,15,23-24H,13-14,16H2,1-3H3,(H,27,31)(H,28,33)/t23-,24+/m0/s1. The third kappa shape index (κ3) is 4.91. The van der Waals surface area contributed by atoms with Gasteiger partial charge in [-0.25, -0.2) is 0 Å². The number of anilines is 1. The Hall–Kier alpha value is -3.23. The molecule has 2 aromatic heterocycles. The number of hydrogen-bond acceptors (Lipinski definition) is 4. The second-order valence-electron chi connectivity index (χ2n) is 8.14. The molecule has 1 amide bonds. The molecule has 1 fully saturated rings. The van der Waals surface area contributed by atoms with Crippen molar-refractivity contribution in [1.29, 1.82) is 0 Å². The number of amides is 1. The van der Waals surface area contributed by atoms with Crippen LogP contribution in [-0.4, -0.2) is 45.7 Å². The quantitative estimate of drug-likeness (QED) is 0.496. The van der Waals surface area contributed by atoms with Crippen molar-refractivity contribution in [3.8, 4) is 0 Å². The van der Waals surface area contributed by atoms with Crippen molar-refractivity contribution in [3.63, 3.8) is 0 Å². The number of para-hydroxylation sites is 1. The van der Waals surface area contributed by atoms with Crippen LogP contribution in [0.3, 0.4) is 0 Å². The van der Waals surface area contributed by atoms with Crippen molar-refractivity contribution in [2.24, 2.45) is 0 Å². The van der Waals surface area contributed by atoms with E-state index in [1.165, 1.54) is 0 Å². The molecule has 0 saturated carbocycles. The number of carbonyl (C=O) groups is 1. The molecule has 0 aliphatic carbocycles. The second-order valence-corrected chi connectivity index (χ2v) is 8.53. The van der Waals surface area contributed by atoms with Crippen LogP contribution in [0, 0.1) is 13.8 Å². The minimum atomic E-state index is -0.170. The minimum absolute atomic E-state index is 0.120. The Morgan fingerprint density at radius 3 is 2.64 bits per heavy atom. The van der Waals surface area contributed by atoms with Gasteiger partial charge in [0.15, 0.2) is 5.11 Å². The number of thiocarbonyl (C=S) groups is 1. The van der Waals surface area contributed by atoms with E-state index in [0.717, 1.165) is 34.9 Å². The number of pyridine rings is 1. The lowest BCUT2D eigenvalue weighted by atomic mass is 9.97. The van der Waals surface area contributed by atoms with E-state index < -0.39 is 0 Å². The van der Waals surface area contributed by atoms with Crippen molar-refractivity contribution in [1.82, 2.24) is 19.8 Å². The van der Waals surface area contributed by atoms with Crippen LogP contribution >= 0.6 is 12.2 Å². The summed E-state index contributed by atoms with van der Waals surface area (Å²) >= 11 is 5.71. The summed E-state index contributed by atoms with van der Waals surface area (Å²) in [5.41, 5.74) is 5.05. The number of aromatic nitrogens is 2. The molecule has 2 N–H and O–H groups in total. The zero-order valence-electron chi connectivity index (χ0n) is 19.1. The molecule has 0 unspecified atom stereocenters. The molecule has 1 saturated heterocycles. The van der Waals surface area contributed by atoms with Gasteiger partial charge in [-0.3, -0.25) is 9.78 Å². The number of aryl methyl sites for hydroxylation is 1. The Bertz CT molecular complexity index is 1120. The van der Waals surface area contributed by atoms with Crippen LogP contribution in [-0.2, 0) is 16.1 Å². The first-order chi connectivity index (χ1) is 16.0. The molecule has 8 heteroatoms. The molecular weight excluding hydrogens is 434 g/mol. The molecule has 3 heterocycles. The summed E-state index contributed by atoms with van der Waals surface area (Å²) < 4.78 is 7.55. The predicted octanol–water partition coefficient (Wildman–Crippen LogP) is 3.76. The van der Waals surface area contributed by atoms with Crippen LogP contribution in [0.25, 0.3) is 0 Å². The van der Waals surface area contributed by atoms with Gasteiger partial charge in [0.05, 0.1) is 24.4 Å². The first-order valence-electron chi connectivity index (χ1n) is 11.0. The molecule has 33 heavy (non-hydrogen) atoms. The predicted molar refractivity (Wildman–Crippen MR) is 133 cm³/mol. The van der Waals surface area contributed by atoms with Crippen molar-refractivity contribution in [2.75, 3.05) is 25.6 Å². The van der Waals surface area contributed by atoms with Gasteiger partial charge in [0.2, 0.25) is 5.91 Å². The summed E-state index contributed by atoms with van der Waals surface area (Å²) in [6, 6.07) is 17.2.